The lowest BCUT2D eigenvalue weighted by Gasteiger charge is -2.41. The molecule has 3 fully saturated rings. The van der Waals surface area contributed by atoms with Crippen molar-refractivity contribution >= 4 is 17.5 Å². The van der Waals surface area contributed by atoms with Crippen molar-refractivity contribution in [2.24, 2.45) is 11.1 Å². The summed E-state index contributed by atoms with van der Waals surface area (Å²) in [5, 5.41) is 3.24. The molecular formula is C24H36FN5O2. The van der Waals surface area contributed by atoms with Gasteiger partial charge in [0.2, 0.25) is 11.8 Å². The number of rotatable bonds is 5. The monoisotopic (exact) mass is 445 g/mol. The van der Waals surface area contributed by atoms with Gasteiger partial charge in [0.15, 0.2) is 0 Å². The topological polar surface area (TPSA) is 81.9 Å². The van der Waals surface area contributed by atoms with Crippen molar-refractivity contribution < 1.29 is 14.0 Å². The second-order valence-electron chi connectivity index (χ2n) is 9.86. The number of nitrogens with zero attached hydrogens (tertiary/aromatic N) is 3. The molecule has 3 aliphatic rings. The number of carbonyl (C=O) groups excluding carboxylic acids is 2. The fourth-order valence-electron chi connectivity index (χ4n) is 5.54. The van der Waals surface area contributed by atoms with E-state index in [4.69, 9.17) is 5.73 Å². The van der Waals surface area contributed by atoms with Crippen LogP contribution in [0, 0.1) is 11.2 Å². The van der Waals surface area contributed by atoms with Crippen molar-refractivity contribution in [3.8, 4) is 0 Å². The van der Waals surface area contributed by atoms with Gasteiger partial charge in [-0.3, -0.25) is 14.5 Å². The number of carbonyl (C=O) groups is 2. The quantitative estimate of drug-likeness (QED) is 0.719. The molecule has 176 valence electrons. The van der Waals surface area contributed by atoms with Crippen LogP contribution in [0.1, 0.15) is 39.5 Å². The SMILES string of the molecule is C[C@H](N)C(=O)N1CCC2(CC1)C[C@H](CCN1CCN(c3ccc(F)cc3)C[C@@H]1C)NC2=O. The first-order chi connectivity index (χ1) is 15.3. The maximum atomic E-state index is 13.2. The number of nitrogens with one attached hydrogen (secondary N) is 1. The van der Waals surface area contributed by atoms with Crippen molar-refractivity contribution in [3.05, 3.63) is 30.1 Å². The van der Waals surface area contributed by atoms with E-state index in [0.29, 0.717) is 19.1 Å². The van der Waals surface area contributed by atoms with Gasteiger partial charge in [-0.05, 0) is 63.8 Å². The van der Waals surface area contributed by atoms with E-state index in [1.54, 1.807) is 11.8 Å². The van der Waals surface area contributed by atoms with Gasteiger partial charge >= 0.3 is 0 Å². The summed E-state index contributed by atoms with van der Waals surface area (Å²) in [4.78, 5) is 31.6. The second kappa shape index (κ2) is 9.35. The molecule has 1 aromatic carbocycles. The van der Waals surface area contributed by atoms with E-state index in [2.05, 4.69) is 22.0 Å². The Kier molecular flexibility index (Phi) is 6.72. The minimum absolute atomic E-state index is 0.0245. The van der Waals surface area contributed by atoms with Crippen LogP contribution >= 0.6 is 0 Å². The Bertz CT molecular complexity index is 822. The summed E-state index contributed by atoms with van der Waals surface area (Å²) in [5.74, 6) is -0.0730. The number of hydrogen-bond acceptors (Lipinski definition) is 5. The van der Waals surface area contributed by atoms with Crippen LogP contribution in [0.5, 0.6) is 0 Å². The highest BCUT2D eigenvalue weighted by Crippen LogP contribution is 2.41. The molecule has 0 bridgehead atoms. The van der Waals surface area contributed by atoms with Gasteiger partial charge < -0.3 is 20.9 Å². The summed E-state index contributed by atoms with van der Waals surface area (Å²) in [5.41, 5.74) is 6.48. The number of piperidine rings is 1. The maximum absolute atomic E-state index is 13.2. The molecule has 1 aromatic rings. The number of amides is 2. The smallest absolute Gasteiger partial charge is 0.239 e. The van der Waals surface area contributed by atoms with Gasteiger partial charge in [-0.1, -0.05) is 0 Å². The number of hydrogen-bond donors (Lipinski definition) is 2. The number of piperazine rings is 1. The Morgan fingerprint density at radius 2 is 1.91 bits per heavy atom. The molecule has 8 heteroatoms. The average Bonchev–Trinajstić information content (AvgIpc) is 3.08. The minimum Gasteiger partial charge on any atom is -0.369 e. The molecule has 3 saturated heterocycles. The molecule has 2 amide bonds. The van der Waals surface area contributed by atoms with Crippen molar-refractivity contribution in [3.63, 3.8) is 0 Å². The fourth-order valence-corrected chi connectivity index (χ4v) is 5.54. The first-order valence-corrected chi connectivity index (χ1v) is 11.9. The van der Waals surface area contributed by atoms with Gasteiger partial charge in [-0.25, -0.2) is 4.39 Å². The van der Waals surface area contributed by atoms with Crippen LogP contribution in [-0.2, 0) is 9.59 Å². The van der Waals surface area contributed by atoms with E-state index in [0.717, 1.165) is 57.5 Å². The maximum Gasteiger partial charge on any atom is 0.239 e. The third-order valence-electron chi connectivity index (χ3n) is 7.60. The third-order valence-corrected chi connectivity index (χ3v) is 7.60. The lowest BCUT2D eigenvalue weighted by Crippen LogP contribution is -2.52. The number of benzene rings is 1. The molecular weight excluding hydrogens is 409 g/mol. The zero-order chi connectivity index (χ0) is 22.9. The lowest BCUT2D eigenvalue weighted by atomic mass is 9.75. The van der Waals surface area contributed by atoms with Gasteiger partial charge in [-0.2, -0.15) is 0 Å². The van der Waals surface area contributed by atoms with E-state index in [-0.39, 0.29) is 29.1 Å². The average molecular weight is 446 g/mol. The third kappa shape index (κ3) is 4.76. The molecule has 0 unspecified atom stereocenters. The van der Waals surface area contributed by atoms with Crippen molar-refractivity contribution in [1.82, 2.24) is 15.1 Å². The zero-order valence-corrected chi connectivity index (χ0v) is 19.2. The van der Waals surface area contributed by atoms with E-state index >= 15 is 0 Å². The Morgan fingerprint density at radius 1 is 1.22 bits per heavy atom. The Labute approximate surface area is 190 Å². The largest absolute Gasteiger partial charge is 0.369 e. The van der Waals surface area contributed by atoms with Gasteiger partial charge in [0.05, 0.1) is 11.5 Å². The molecule has 32 heavy (non-hydrogen) atoms. The van der Waals surface area contributed by atoms with E-state index in [9.17, 15) is 14.0 Å². The van der Waals surface area contributed by atoms with Crippen LogP contribution in [0.2, 0.25) is 0 Å². The Hall–Kier alpha value is -2.19. The molecule has 0 aliphatic carbocycles. The summed E-state index contributed by atoms with van der Waals surface area (Å²) < 4.78 is 13.2. The molecule has 1 spiro atoms. The standard InChI is InChI=1S/C24H36FN5O2/c1-17-16-30(21-5-3-19(25)4-6-21)14-13-28(17)10-7-20-15-24(23(32)27-20)8-11-29(12-9-24)22(31)18(2)26/h3-6,17-18,20H,7-16,26H2,1-2H3,(H,27,32)/t17-,18-,20-/m0/s1. The van der Waals surface area contributed by atoms with E-state index in [1.807, 2.05) is 12.1 Å². The lowest BCUT2D eigenvalue weighted by molar-refractivity contribution is -0.139. The molecule has 0 aromatic heterocycles. The van der Waals surface area contributed by atoms with Crippen molar-refractivity contribution in [1.29, 1.82) is 0 Å². The van der Waals surface area contributed by atoms with Crippen LogP contribution in [0.25, 0.3) is 0 Å². The highest BCUT2D eigenvalue weighted by molar-refractivity contribution is 5.86. The summed E-state index contributed by atoms with van der Waals surface area (Å²) >= 11 is 0. The highest BCUT2D eigenvalue weighted by Gasteiger charge is 2.48. The summed E-state index contributed by atoms with van der Waals surface area (Å²) in [6.45, 7) is 8.91. The molecule has 3 aliphatic heterocycles. The molecule has 0 saturated carbocycles. The summed E-state index contributed by atoms with van der Waals surface area (Å²) in [6, 6.07) is 6.83. The molecule has 3 heterocycles. The summed E-state index contributed by atoms with van der Waals surface area (Å²) in [7, 11) is 0. The van der Waals surface area contributed by atoms with E-state index in [1.165, 1.54) is 12.1 Å². The molecule has 4 rings (SSSR count). The Balaban J connectivity index is 1.25. The van der Waals surface area contributed by atoms with Gasteiger partial charge in [0, 0.05) is 57.0 Å². The van der Waals surface area contributed by atoms with Gasteiger partial charge in [-0.15, -0.1) is 0 Å². The second-order valence-corrected chi connectivity index (χ2v) is 9.86. The number of nitrogens with two attached hydrogens (primary N) is 1. The summed E-state index contributed by atoms with van der Waals surface area (Å²) in [6.07, 6.45) is 3.24. The molecule has 3 atom stereocenters. The van der Waals surface area contributed by atoms with Crippen LogP contribution in [-0.4, -0.2) is 79.0 Å². The van der Waals surface area contributed by atoms with E-state index < -0.39 is 6.04 Å². The van der Waals surface area contributed by atoms with Crippen LogP contribution in [0.4, 0.5) is 10.1 Å². The first kappa shape index (κ1) is 23.0. The van der Waals surface area contributed by atoms with Crippen LogP contribution < -0.4 is 16.0 Å². The zero-order valence-electron chi connectivity index (χ0n) is 19.2. The normalized spacial score (nSPS) is 26.9. The predicted molar refractivity (Wildman–Crippen MR) is 123 cm³/mol. The van der Waals surface area contributed by atoms with Gasteiger partial charge in [0.25, 0.3) is 0 Å². The minimum atomic E-state index is -0.486. The first-order valence-electron chi connectivity index (χ1n) is 11.9. The number of anilines is 1. The van der Waals surface area contributed by atoms with Gasteiger partial charge in [0.1, 0.15) is 5.82 Å². The van der Waals surface area contributed by atoms with Crippen LogP contribution in [0.15, 0.2) is 24.3 Å². The van der Waals surface area contributed by atoms with Crippen molar-refractivity contribution in [2.45, 2.75) is 57.7 Å². The molecule has 3 N–H and O–H groups in total. The predicted octanol–water partition coefficient (Wildman–Crippen LogP) is 1.57. The molecule has 7 nitrogen and oxygen atoms in total. The number of likely N-dealkylation sites (tertiary alicyclic amines) is 1. The highest BCUT2D eigenvalue weighted by atomic mass is 19.1. The fraction of sp³-hybridized carbons (Fsp3) is 0.667. The Morgan fingerprint density at radius 3 is 2.53 bits per heavy atom. The van der Waals surface area contributed by atoms with Crippen molar-refractivity contribution in [2.75, 3.05) is 44.2 Å². The van der Waals surface area contributed by atoms with Crippen LogP contribution in [0.3, 0.4) is 0 Å². The number of halogens is 1. The molecule has 0 radical (unpaired) electrons.